The predicted octanol–water partition coefficient (Wildman–Crippen LogP) is 2.97. The fraction of sp³-hybridized carbons (Fsp3) is 0.333. The molecule has 1 amide bonds. The third-order valence-electron chi connectivity index (χ3n) is 4.31. The fourth-order valence-electron chi connectivity index (χ4n) is 3.21. The van der Waals surface area contributed by atoms with Crippen molar-refractivity contribution in [3.8, 4) is 11.3 Å². The minimum Gasteiger partial charge on any atom is -0.478 e. The second-order valence-electron chi connectivity index (χ2n) is 6.12. The molecule has 25 heavy (non-hydrogen) atoms. The lowest BCUT2D eigenvalue weighted by Gasteiger charge is -2.22. The van der Waals surface area contributed by atoms with Gasteiger partial charge in [-0.2, -0.15) is 0 Å². The molecule has 1 aromatic heterocycles. The summed E-state index contributed by atoms with van der Waals surface area (Å²) < 4.78 is 13.7. The van der Waals surface area contributed by atoms with Gasteiger partial charge in [-0.15, -0.1) is 0 Å². The van der Waals surface area contributed by atoms with Crippen molar-refractivity contribution < 1.29 is 19.1 Å². The van der Waals surface area contributed by atoms with Gasteiger partial charge >= 0.3 is 5.97 Å². The van der Waals surface area contributed by atoms with Crippen LogP contribution in [0.5, 0.6) is 0 Å². The van der Waals surface area contributed by atoms with E-state index in [4.69, 9.17) is 0 Å². The molecule has 0 aliphatic carbocycles. The van der Waals surface area contributed by atoms with Crippen LogP contribution in [0, 0.1) is 12.7 Å². The first-order valence-corrected chi connectivity index (χ1v) is 8.03. The van der Waals surface area contributed by atoms with E-state index in [-0.39, 0.29) is 23.1 Å². The number of aromatic carboxylic acids is 1. The van der Waals surface area contributed by atoms with Crippen LogP contribution < -0.4 is 0 Å². The average Bonchev–Trinajstić information content (AvgIpc) is 3.03. The number of likely N-dealkylation sites (tertiary alicyclic amines) is 1. The van der Waals surface area contributed by atoms with Crippen LogP contribution in [-0.2, 0) is 4.79 Å². The first kappa shape index (κ1) is 17.0. The van der Waals surface area contributed by atoms with Crippen LogP contribution in [0.4, 0.5) is 4.39 Å². The van der Waals surface area contributed by atoms with Gasteiger partial charge in [-0.05, 0) is 44.0 Å². The minimum absolute atomic E-state index is 0.0275. The van der Waals surface area contributed by atoms with Crippen molar-refractivity contribution in [3.05, 3.63) is 47.2 Å². The molecule has 1 fully saturated rings. The lowest BCUT2D eigenvalue weighted by Crippen LogP contribution is -2.29. The monoisotopic (exact) mass is 343 g/mol. The summed E-state index contributed by atoms with van der Waals surface area (Å²) in [5.74, 6) is -1.28. The summed E-state index contributed by atoms with van der Waals surface area (Å²) in [4.78, 5) is 33.9. The summed E-state index contributed by atoms with van der Waals surface area (Å²) in [6.07, 6.45) is 1.61. The van der Waals surface area contributed by atoms with Gasteiger partial charge in [0, 0.05) is 24.7 Å². The number of aryl methyl sites for hydroxylation is 1. The van der Waals surface area contributed by atoms with Gasteiger partial charge in [0.1, 0.15) is 5.82 Å². The van der Waals surface area contributed by atoms with Crippen LogP contribution in [0.2, 0.25) is 0 Å². The molecule has 3 rings (SSSR count). The van der Waals surface area contributed by atoms with Gasteiger partial charge in [0.15, 0.2) is 5.82 Å². The highest BCUT2D eigenvalue weighted by Crippen LogP contribution is 2.32. The molecule has 6 nitrogen and oxygen atoms in total. The van der Waals surface area contributed by atoms with Crippen LogP contribution >= 0.6 is 0 Å². The van der Waals surface area contributed by atoms with E-state index in [2.05, 4.69) is 9.97 Å². The van der Waals surface area contributed by atoms with Gasteiger partial charge in [0.2, 0.25) is 5.91 Å². The predicted molar refractivity (Wildman–Crippen MR) is 88.5 cm³/mol. The van der Waals surface area contributed by atoms with E-state index in [1.165, 1.54) is 13.0 Å². The van der Waals surface area contributed by atoms with Gasteiger partial charge in [0.05, 0.1) is 17.3 Å². The van der Waals surface area contributed by atoms with Gasteiger partial charge in [-0.3, -0.25) is 4.79 Å². The Morgan fingerprint density at radius 1 is 1.28 bits per heavy atom. The van der Waals surface area contributed by atoms with E-state index >= 15 is 0 Å². The van der Waals surface area contributed by atoms with E-state index in [9.17, 15) is 19.1 Å². The van der Waals surface area contributed by atoms with Crippen LogP contribution in [0.25, 0.3) is 11.3 Å². The SMILES string of the molecule is CC(=O)N1CCCC1c1nc(C)cc(-c2cc(F)ccc2C(=O)O)n1. The first-order valence-electron chi connectivity index (χ1n) is 8.03. The molecule has 1 unspecified atom stereocenters. The zero-order valence-corrected chi connectivity index (χ0v) is 14.0. The number of hydrogen-bond acceptors (Lipinski definition) is 4. The summed E-state index contributed by atoms with van der Waals surface area (Å²) in [6.45, 7) is 3.92. The van der Waals surface area contributed by atoms with E-state index < -0.39 is 11.8 Å². The topological polar surface area (TPSA) is 83.4 Å². The van der Waals surface area contributed by atoms with E-state index in [1.54, 1.807) is 17.9 Å². The molecule has 130 valence electrons. The quantitative estimate of drug-likeness (QED) is 0.926. The van der Waals surface area contributed by atoms with E-state index in [1.807, 2.05) is 0 Å². The number of carbonyl (C=O) groups is 2. The van der Waals surface area contributed by atoms with Crippen molar-refractivity contribution in [2.24, 2.45) is 0 Å². The highest BCUT2D eigenvalue weighted by Gasteiger charge is 2.30. The summed E-state index contributed by atoms with van der Waals surface area (Å²) in [5, 5.41) is 9.36. The number of aromatic nitrogens is 2. The Morgan fingerprint density at radius 2 is 2.04 bits per heavy atom. The number of amides is 1. The molecule has 1 aromatic carbocycles. The zero-order valence-electron chi connectivity index (χ0n) is 14.0. The van der Waals surface area contributed by atoms with Gasteiger partial charge in [-0.25, -0.2) is 19.2 Å². The Bertz CT molecular complexity index is 853. The summed E-state index contributed by atoms with van der Waals surface area (Å²) in [6, 6.07) is 4.88. The van der Waals surface area contributed by atoms with Crippen LogP contribution in [0.15, 0.2) is 24.3 Å². The standard InChI is InChI=1S/C18H18FN3O3/c1-10-8-15(14-9-12(19)5-6-13(14)18(24)25)21-17(20-10)16-4-3-7-22(16)11(2)23/h5-6,8-9,16H,3-4,7H2,1-2H3,(H,24,25). The smallest absolute Gasteiger partial charge is 0.336 e. The minimum atomic E-state index is -1.15. The molecule has 2 heterocycles. The molecule has 2 aromatic rings. The number of carboxylic acid groups (broad SMARTS) is 1. The normalized spacial score (nSPS) is 16.9. The third kappa shape index (κ3) is 3.35. The maximum Gasteiger partial charge on any atom is 0.336 e. The summed E-state index contributed by atoms with van der Waals surface area (Å²) in [7, 11) is 0. The van der Waals surface area contributed by atoms with Crippen molar-refractivity contribution in [2.75, 3.05) is 6.54 Å². The maximum absolute atomic E-state index is 13.7. The molecule has 0 spiro atoms. The third-order valence-corrected chi connectivity index (χ3v) is 4.31. The fourth-order valence-corrected chi connectivity index (χ4v) is 3.21. The maximum atomic E-state index is 13.7. The van der Waals surface area contributed by atoms with E-state index in [0.717, 1.165) is 25.0 Å². The lowest BCUT2D eigenvalue weighted by molar-refractivity contribution is -0.129. The Morgan fingerprint density at radius 3 is 2.72 bits per heavy atom. The number of hydrogen-bond donors (Lipinski definition) is 1. The first-order chi connectivity index (χ1) is 11.9. The Labute approximate surface area is 144 Å². The second kappa shape index (κ2) is 6.58. The van der Waals surface area contributed by atoms with Crippen molar-refractivity contribution in [1.29, 1.82) is 0 Å². The molecule has 1 aliphatic heterocycles. The van der Waals surface area contributed by atoms with E-state index in [0.29, 0.717) is 23.8 Å². The highest BCUT2D eigenvalue weighted by molar-refractivity contribution is 5.95. The van der Waals surface area contributed by atoms with Crippen molar-refractivity contribution in [2.45, 2.75) is 32.7 Å². The number of carboxylic acids is 1. The van der Waals surface area contributed by atoms with Crippen molar-refractivity contribution in [3.63, 3.8) is 0 Å². The lowest BCUT2D eigenvalue weighted by atomic mass is 10.0. The van der Waals surface area contributed by atoms with Crippen molar-refractivity contribution in [1.82, 2.24) is 14.9 Å². The molecule has 0 radical (unpaired) electrons. The van der Waals surface area contributed by atoms with Crippen LogP contribution in [-0.4, -0.2) is 38.4 Å². The van der Waals surface area contributed by atoms with Crippen LogP contribution in [0.1, 0.15) is 47.7 Å². The highest BCUT2D eigenvalue weighted by atomic mass is 19.1. The molecule has 1 saturated heterocycles. The molecule has 0 saturated carbocycles. The Hall–Kier alpha value is -2.83. The second-order valence-corrected chi connectivity index (χ2v) is 6.12. The van der Waals surface area contributed by atoms with Crippen molar-refractivity contribution >= 4 is 11.9 Å². The number of benzene rings is 1. The molecular weight excluding hydrogens is 325 g/mol. The van der Waals surface area contributed by atoms with Crippen LogP contribution in [0.3, 0.4) is 0 Å². The molecule has 7 heteroatoms. The Balaban J connectivity index is 2.11. The summed E-state index contributed by atoms with van der Waals surface area (Å²) in [5.41, 5.74) is 1.15. The average molecular weight is 343 g/mol. The van der Waals surface area contributed by atoms with Gasteiger partial charge in [0.25, 0.3) is 0 Å². The Kier molecular flexibility index (Phi) is 4.48. The van der Waals surface area contributed by atoms with Gasteiger partial charge < -0.3 is 10.0 Å². The molecule has 1 aliphatic rings. The number of halogens is 1. The molecular formula is C18H18FN3O3. The summed E-state index contributed by atoms with van der Waals surface area (Å²) >= 11 is 0. The molecule has 1 N–H and O–H groups in total. The molecule has 0 bridgehead atoms. The number of rotatable bonds is 3. The largest absolute Gasteiger partial charge is 0.478 e. The number of nitrogens with zero attached hydrogens (tertiary/aromatic N) is 3. The van der Waals surface area contributed by atoms with Gasteiger partial charge in [-0.1, -0.05) is 0 Å². The zero-order chi connectivity index (χ0) is 18.1. The number of carbonyl (C=O) groups excluding carboxylic acids is 1. The molecule has 1 atom stereocenters.